The molecule has 13 heavy (non-hydrogen) atoms. The van der Waals surface area contributed by atoms with Crippen LogP contribution in [0.2, 0.25) is 0 Å². The molecule has 0 aromatic heterocycles. The van der Waals surface area contributed by atoms with Crippen LogP contribution in [-0.4, -0.2) is 18.5 Å². The van der Waals surface area contributed by atoms with Crippen molar-refractivity contribution in [2.45, 2.75) is 51.0 Å². The molecule has 1 saturated heterocycles. The molecule has 0 aromatic carbocycles. The number of carbonyl (C=O) groups excluding carboxylic acids is 1. The minimum atomic E-state index is -0.0469. The van der Waals surface area contributed by atoms with E-state index in [1.165, 1.54) is 25.7 Å². The van der Waals surface area contributed by atoms with E-state index in [-0.39, 0.29) is 6.10 Å². The Hall–Kier alpha value is -0.370. The van der Waals surface area contributed by atoms with Gasteiger partial charge in [-0.3, -0.25) is 4.79 Å². The normalized spacial score (nSPS) is 29.7. The van der Waals surface area contributed by atoms with Gasteiger partial charge in [-0.1, -0.05) is 19.3 Å². The number of ketones is 1. The maximum Gasteiger partial charge on any atom is 0.161 e. The minimum absolute atomic E-state index is 0.0469. The van der Waals surface area contributed by atoms with Crippen molar-refractivity contribution in [3.05, 3.63) is 0 Å². The van der Waals surface area contributed by atoms with E-state index in [1.807, 2.05) is 0 Å². The Morgan fingerprint density at radius 2 is 2.00 bits per heavy atom. The van der Waals surface area contributed by atoms with Crippen molar-refractivity contribution in [3.8, 4) is 0 Å². The van der Waals surface area contributed by atoms with Crippen LogP contribution >= 0.6 is 0 Å². The van der Waals surface area contributed by atoms with Gasteiger partial charge in [0, 0.05) is 13.0 Å². The van der Waals surface area contributed by atoms with Crippen LogP contribution in [0.3, 0.4) is 0 Å². The molecular formula is C11H18O2. The first-order valence-electron chi connectivity index (χ1n) is 5.50. The largest absolute Gasteiger partial charge is 0.370 e. The van der Waals surface area contributed by atoms with Crippen LogP contribution in [0.5, 0.6) is 0 Å². The molecule has 2 rings (SSSR count). The van der Waals surface area contributed by atoms with Gasteiger partial charge >= 0.3 is 0 Å². The van der Waals surface area contributed by atoms with Crippen molar-refractivity contribution >= 4 is 5.78 Å². The van der Waals surface area contributed by atoms with Gasteiger partial charge in [0.2, 0.25) is 0 Å². The summed E-state index contributed by atoms with van der Waals surface area (Å²) in [5.41, 5.74) is 0. The maximum atomic E-state index is 11.7. The number of rotatable bonds is 3. The second-order valence-electron chi connectivity index (χ2n) is 4.32. The fraction of sp³-hybridized carbons (Fsp3) is 0.909. The van der Waals surface area contributed by atoms with E-state index in [0.29, 0.717) is 11.7 Å². The van der Waals surface area contributed by atoms with Crippen LogP contribution in [0.15, 0.2) is 0 Å². The molecule has 0 N–H and O–H groups in total. The first-order chi connectivity index (χ1) is 6.36. The Morgan fingerprint density at radius 3 is 2.54 bits per heavy atom. The number of Topliss-reactive ketones (excluding diaryl/α,β-unsaturated/α-hetero) is 1. The highest BCUT2D eigenvalue weighted by atomic mass is 16.5. The summed E-state index contributed by atoms with van der Waals surface area (Å²) in [6, 6.07) is 0. The van der Waals surface area contributed by atoms with E-state index in [4.69, 9.17) is 4.74 Å². The molecule has 1 heterocycles. The number of ether oxygens (including phenoxy) is 1. The van der Waals surface area contributed by atoms with Crippen molar-refractivity contribution in [2.24, 2.45) is 5.92 Å². The summed E-state index contributed by atoms with van der Waals surface area (Å²) in [6.07, 6.45) is 7.85. The highest BCUT2D eigenvalue weighted by molar-refractivity contribution is 5.83. The lowest BCUT2D eigenvalue weighted by Gasteiger charge is -2.28. The van der Waals surface area contributed by atoms with Gasteiger partial charge < -0.3 is 4.74 Å². The molecular weight excluding hydrogens is 164 g/mol. The van der Waals surface area contributed by atoms with E-state index in [1.54, 1.807) is 0 Å². The average molecular weight is 182 g/mol. The lowest BCUT2D eigenvalue weighted by molar-refractivity contribution is -0.134. The topological polar surface area (TPSA) is 26.3 Å². The molecule has 1 aliphatic heterocycles. The molecule has 1 atom stereocenters. The monoisotopic (exact) mass is 182 g/mol. The lowest BCUT2D eigenvalue weighted by atomic mass is 9.80. The van der Waals surface area contributed by atoms with Crippen molar-refractivity contribution in [3.63, 3.8) is 0 Å². The van der Waals surface area contributed by atoms with Crippen LogP contribution in [0.1, 0.15) is 44.9 Å². The summed E-state index contributed by atoms with van der Waals surface area (Å²) >= 11 is 0. The first kappa shape index (κ1) is 9.20. The van der Waals surface area contributed by atoms with Gasteiger partial charge in [-0.05, 0) is 25.2 Å². The summed E-state index contributed by atoms with van der Waals surface area (Å²) in [7, 11) is 0. The van der Waals surface area contributed by atoms with Crippen molar-refractivity contribution in [1.29, 1.82) is 0 Å². The summed E-state index contributed by atoms with van der Waals surface area (Å²) in [5, 5.41) is 0. The molecule has 1 unspecified atom stereocenters. The molecule has 0 bridgehead atoms. The molecule has 2 aliphatic rings. The predicted molar refractivity (Wildman–Crippen MR) is 50.6 cm³/mol. The third kappa shape index (κ3) is 2.31. The predicted octanol–water partition coefficient (Wildman–Crippen LogP) is 2.31. The molecule has 2 fully saturated rings. The molecule has 74 valence electrons. The third-order valence-electron chi connectivity index (χ3n) is 3.25. The van der Waals surface area contributed by atoms with Gasteiger partial charge in [-0.25, -0.2) is 0 Å². The van der Waals surface area contributed by atoms with Crippen LogP contribution in [-0.2, 0) is 9.53 Å². The molecule has 0 aromatic rings. The molecule has 2 heteroatoms. The van der Waals surface area contributed by atoms with Gasteiger partial charge in [0.05, 0.1) is 0 Å². The fourth-order valence-corrected chi connectivity index (χ4v) is 2.11. The zero-order valence-electron chi connectivity index (χ0n) is 8.13. The fourth-order valence-electron chi connectivity index (χ4n) is 2.11. The molecule has 0 radical (unpaired) electrons. The Bertz CT molecular complexity index is 179. The Kier molecular flexibility index (Phi) is 2.99. The van der Waals surface area contributed by atoms with Crippen molar-refractivity contribution < 1.29 is 9.53 Å². The SMILES string of the molecule is O=C(CC1CCC1)C1CCCCO1. The third-order valence-corrected chi connectivity index (χ3v) is 3.25. The van der Waals surface area contributed by atoms with E-state index in [9.17, 15) is 4.79 Å². The van der Waals surface area contributed by atoms with Gasteiger partial charge in [0.25, 0.3) is 0 Å². The van der Waals surface area contributed by atoms with Gasteiger partial charge in [0.15, 0.2) is 5.78 Å². The summed E-state index contributed by atoms with van der Waals surface area (Å²) in [5.74, 6) is 1.06. The van der Waals surface area contributed by atoms with Crippen LogP contribution < -0.4 is 0 Å². The Balaban J connectivity index is 1.74. The van der Waals surface area contributed by atoms with Crippen LogP contribution in [0, 0.1) is 5.92 Å². The van der Waals surface area contributed by atoms with E-state index >= 15 is 0 Å². The number of hydrogen-bond donors (Lipinski definition) is 0. The van der Waals surface area contributed by atoms with Gasteiger partial charge in [-0.15, -0.1) is 0 Å². The van der Waals surface area contributed by atoms with Crippen LogP contribution in [0.4, 0.5) is 0 Å². The maximum absolute atomic E-state index is 11.7. The molecule has 0 amide bonds. The first-order valence-corrected chi connectivity index (χ1v) is 5.50. The smallest absolute Gasteiger partial charge is 0.161 e. The molecule has 2 nitrogen and oxygen atoms in total. The zero-order chi connectivity index (χ0) is 9.10. The lowest BCUT2D eigenvalue weighted by Crippen LogP contribution is -2.30. The van der Waals surface area contributed by atoms with E-state index in [0.717, 1.165) is 25.9 Å². The Morgan fingerprint density at radius 1 is 1.15 bits per heavy atom. The standard InChI is InChI=1S/C11H18O2/c12-10(8-9-4-3-5-9)11-6-1-2-7-13-11/h9,11H,1-8H2. The molecule has 0 spiro atoms. The highest BCUT2D eigenvalue weighted by Crippen LogP contribution is 2.30. The second-order valence-corrected chi connectivity index (χ2v) is 4.32. The molecule has 1 aliphatic carbocycles. The second kappa shape index (κ2) is 4.23. The van der Waals surface area contributed by atoms with Crippen molar-refractivity contribution in [2.75, 3.05) is 6.61 Å². The number of carbonyl (C=O) groups is 1. The van der Waals surface area contributed by atoms with Crippen LogP contribution in [0.25, 0.3) is 0 Å². The Labute approximate surface area is 79.7 Å². The number of hydrogen-bond acceptors (Lipinski definition) is 2. The summed E-state index contributed by atoms with van der Waals surface area (Å²) < 4.78 is 5.46. The van der Waals surface area contributed by atoms with E-state index in [2.05, 4.69) is 0 Å². The summed E-state index contributed by atoms with van der Waals surface area (Å²) in [6.45, 7) is 0.793. The summed E-state index contributed by atoms with van der Waals surface area (Å²) in [4.78, 5) is 11.7. The quantitative estimate of drug-likeness (QED) is 0.669. The molecule has 1 saturated carbocycles. The van der Waals surface area contributed by atoms with Gasteiger partial charge in [0.1, 0.15) is 6.10 Å². The van der Waals surface area contributed by atoms with Crippen molar-refractivity contribution in [1.82, 2.24) is 0 Å². The van der Waals surface area contributed by atoms with Gasteiger partial charge in [-0.2, -0.15) is 0 Å². The zero-order valence-corrected chi connectivity index (χ0v) is 8.13. The van der Waals surface area contributed by atoms with E-state index < -0.39 is 0 Å². The average Bonchev–Trinajstić information content (AvgIpc) is 2.12. The minimum Gasteiger partial charge on any atom is -0.370 e. The highest BCUT2D eigenvalue weighted by Gasteiger charge is 2.27.